The molecule has 0 aromatic heterocycles. The molecule has 0 aromatic carbocycles. The lowest BCUT2D eigenvalue weighted by molar-refractivity contribution is -0.123. The van der Waals surface area contributed by atoms with Gasteiger partial charge in [0.2, 0.25) is 5.91 Å². The minimum atomic E-state index is -4.33. The number of rotatable bonds is 38. The number of aliphatic hydroxyl groups is 1. The van der Waals surface area contributed by atoms with E-state index in [-0.39, 0.29) is 25.7 Å². The Hall–Kier alpha value is -0.760. The van der Waals surface area contributed by atoms with E-state index in [1.54, 1.807) is 6.08 Å². The lowest BCUT2D eigenvalue weighted by Crippen LogP contribution is -2.45. The van der Waals surface area contributed by atoms with Gasteiger partial charge in [-0.25, -0.2) is 4.57 Å². The molecule has 286 valence electrons. The number of amides is 1. The highest BCUT2D eigenvalue weighted by molar-refractivity contribution is 7.47. The molecule has 0 bridgehead atoms. The summed E-state index contributed by atoms with van der Waals surface area (Å²) in [6, 6.07) is -0.852. The van der Waals surface area contributed by atoms with Crippen LogP contribution in [0.3, 0.4) is 0 Å². The summed E-state index contributed by atoms with van der Waals surface area (Å²) in [4.78, 5) is 22.6. The van der Waals surface area contributed by atoms with Crippen LogP contribution in [0.5, 0.6) is 0 Å². The van der Waals surface area contributed by atoms with Crippen molar-refractivity contribution in [2.75, 3.05) is 19.8 Å². The van der Waals surface area contributed by atoms with Crippen molar-refractivity contribution in [3.63, 3.8) is 0 Å². The second-order valence-electron chi connectivity index (χ2n) is 13.9. The van der Waals surface area contributed by atoms with Gasteiger partial charge in [-0.05, 0) is 19.3 Å². The van der Waals surface area contributed by atoms with Gasteiger partial charge in [0.25, 0.3) is 0 Å². The number of allylic oxidation sites excluding steroid dienone is 1. The first-order valence-electron chi connectivity index (χ1n) is 20.3. The molecule has 0 heterocycles. The van der Waals surface area contributed by atoms with E-state index in [1.165, 1.54) is 141 Å². The summed E-state index contributed by atoms with van der Waals surface area (Å²) in [5, 5.41) is 13.6. The Kier molecular flexibility index (Phi) is 35.5. The van der Waals surface area contributed by atoms with Crippen LogP contribution in [0.1, 0.15) is 200 Å². The highest BCUT2D eigenvalue weighted by atomic mass is 31.2. The first kappa shape index (κ1) is 47.2. The molecule has 0 aliphatic carbocycles. The first-order valence-corrected chi connectivity index (χ1v) is 21.8. The monoisotopic (exact) mass is 703 g/mol. The minimum Gasteiger partial charge on any atom is -0.387 e. The van der Waals surface area contributed by atoms with Gasteiger partial charge in [-0.15, -0.1) is 0 Å². The van der Waals surface area contributed by atoms with E-state index in [9.17, 15) is 19.4 Å². The summed E-state index contributed by atoms with van der Waals surface area (Å²) in [5.74, 6) is -0.192. The molecule has 0 spiro atoms. The molecule has 1 amide bonds. The van der Waals surface area contributed by atoms with Crippen molar-refractivity contribution in [1.82, 2.24) is 5.32 Å². The summed E-state index contributed by atoms with van der Waals surface area (Å²) >= 11 is 0. The van der Waals surface area contributed by atoms with Gasteiger partial charge in [0.1, 0.15) is 0 Å². The molecular weight excluding hydrogens is 623 g/mol. The zero-order valence-corrected chi connectivity index (χ0v) is 32.4. The van der Waals surface area contributed by atoms with E-state index >= 15 is 0 Å². The Morgan fingerprint density at radius 1 is 0.667 bits per heavy atom. The van der Waals surface area contributed by atoms with E-state index in [2.05, 4.69) is 19.2 Å². The zero-order valence-electron chi connectivity index (χ0n) is 31.5. The third-order valence-electron chi connectivity index (χ3n) is 9.11. The molecule has 9 heteroatoms. The molecular formula is C39H79N2O6P. The summed E-state index contributed by atoms with van der Waals surface area (Å²) < 4.78 is 22.0. The Morgan fingerprint density at radius 3 is 1.48 bits per heavy atom. The number of unbranched alkanes of at least 4 members (excludes halogenated alkanes) is 26. The Balaban J connectivity index is 4.17. The van der Waals surface area contributed by atoms with Crippen LogP contribution < -0.4 is 11.1 Å². The van der Waals surface area contributed by atoms with Crippen LogP contribution in [0.25, 0.3) is 0 Å². The van der Waals surface area contributed by atoms with Crippen molar-refractivity contribution in [2.24, 2.45) is 5.73 Å². The van der Waals surface area contributed by atoms with E-state index in [0.717, 1.165) is 38.5 Å². The minimum absolute atomic E-state index is 0.0810. The second-order valence-corrected chi connectivity index (χ2v) is 15.3. The molecule has 1 unspecified atom stereocenters. The molecule has 3 atom stereocenters. The van der Waals surface area contributed by atoms with Crippen LogP contribution in [-0.4, -0.2) is 47.8 Å². The third-order valence-corrected chi connectivity index (χ3v) is 10.1. The maximum absolute atomic E-state index is 12.7. The number of hydrogen-bond acceptors (Lipinski definition) is 6. The van der Waals surface area contributed by atoms with Gasteiger partial charge in [-0.3, -0.25) is 13.8 Å². The second kappa shape index (κ2) is 36.0. The summed E-state index contributed by atoms with van der Waals surface area (Å²) in [6.45, 7) is 4.13. The fraction of sp³-hybridized carbons (Fsp3) is 0.923. The van der Waals surface area contributed by atoms with Gasteiger partial charge >= 0.3 is 7.82 Å². The first-order chi connectivity index (χ1) is 23.4. The molecule has 0 saturated carbocycles. The van der Waals surface area contributed by atoms with Crippen LogP contribution in [-0.2, 0) is 18.4 Å². The van der Waals surface area contributed by atoms with E-state index in [1.807, 2.05) is 6.08 Å². The van der Waals surface area contributed by atoms with Crippen LogP contribution in [0.2, 0.25) is 0 Å². The van der Waals surface area contributed by atoms with Crippen LogP contribution in [0.15, 0.2) is 12.2 Å². The van der Waals surface area contributed by atoms with Gasteiger partial charge < -0.3 is 21.1 Å². The number of aliphatic hydroxyl groups excluding tert-OH is 1. The zero-order chi connectivity index (χ0) is 35.4. The SMILES string of the molecule is CCCCCCCCCCC/C=C/[C@@H](O)[C@H](COP(=O)(O)OCCN)NC(=O)CCCCCCCCCCCCCCCCCCCC. The highest BCUT2D eigenvalue weighted by Crippen LogP contribution is 2.43. The lowest BCUT2D eigenvalue weighted by atomic mass is 10.0. The molecule has 0 aliphatic heterocycles. The van der Waals surface area contributed by atoms with E-state index < -0.39 is 20.0 Å². The molecule has 0 saturated heterocycles. The largest absolute Gasteiger partial charge is 0.472 e. The quantitative estimate of drug-likeness (QED) is 0.0286. The topological polar surface area (TPSA) is 131 Å². The van der Waals surface area contributed by atoms with Crippen LogP contribution in [0.4, 0.5) is 0 Å². The van der Waals surface area contributed by atoms with Crippen molar-refractivity contribution in [2.45, 2.75) is 212 Å². The number of hydrogen-bond donors (Lipinski definition) is 4. The molecule has 0 fully saturated rings. The van der Waals surface area contributed by atoms with E-state index in [4.69, 9.17) is 14.8 Å². The smallest absolute Gasteiger partial charge is 0.387 e. The molecule has 0 aliphatic rings. The molecule has 0 aromatic rings. The maximum atomic E-state index is 12.7. The number of nitrogens with one attached hydrogen (secondary N) is 1. The van der Waals surface area contributed by atoms with Gasteiger partial charge in [0, 0.05) is 13.0 Å². The van der Waals surface area contributed by atoms with Gasteiger partial charge in [-0.2, -0.15) is 0 Å². The summed E-state index contributed by atoms with van der Waals surface area (Å²) in [6.07, 6.45) is 38.3. The van der Waals surface area contributed by atoms with Crippen molar-refractivity contribution >= 4 is 13.7 Å². The molecule has 48 heavy (non-hydrogen) atoms. The van der Waals surface area contributed by atoms with Crippen LogP contribution in [0, 0.1) is 0 Å². The van der Waals surface area contributed by atoms with Crippen molar-refractivity contribution in [3.8, 4) is 0 Å². The number of phosphoric ester groups is 1. The Bertz CT molecular complexity index is 769. The van der Waals surface area contributed by atoms with Gasteiger partial charge in [-0.1, -0.05) is 187 Å². The average Bonchev–Trinajstić information content (AvgIpc) is 3.07. The Labute approximate surface area is 296 Å². The molecule has 5 N–H and O–H groups in total. The normalized spacial score (nSPS) is 14.4. The van der Waals surface area contributed by atoms with E-state index in [0.29, 0.717) is 6.42 Å². The molecule has 8 nitrogen and oxygen atoms in total. The predicted octanol–water partition coefficient (Wildman–Crippen LogP) is 10.8. The Morgan fingerprint density at radius 2 is 1.06 bits per heavy atom. The lowest BCUT2D eigenvalue weighted by Gasteiger charge is -2.23. The van der Waals surface area contributed by atoms with Crippen molar-refractivity contribution < 1.29 is 28.4 Å². The fourth-order valence-electron chi connectivity index (χ4n) is 6.01. The standard InChI is InChI=1S/C39H79N2O6P/c1-3-5-7-9-11-13-15-16-17-18-19-20-21-23-25-27-29-31-33-39(43)41-37(36-47-48(44,45)46-35-34-40)38(42)32-30-28-26-24-22-14-12-10-8-6-4-2/h30,32,37-38,42H,3-29,31,33-36,40H2,1-2H3,(H,41,43)(H,44,45)/b32-30+/t37-,38+/m0/s1. The van der Waals surface area contributed by atoms with Crippen molar-refractivity contribution in [3.05, 3.63) is 12.2 Å². The predicted molar refractivity (Wildman–Crippen MR) is 203 cm³/mol. The molecule has 0 radical (unpaired) electrons. The van der Waals surface area contributed by atoms with Crippen LogP contribution >= 0.6 is 7.82 Å². The summed E-state index contributed by atoms with van der Waals surface area (Å²) in [7, 11) is -4.33. The average molecular weight is 703 g/mol. The number of nitrogens with two attached hydrogens (primary N) is 1. The maximum Gasteiger partial charge on any atom is 0.472 e. The molecule has 0 rings (SSSR count). The van der Waals surface area contributed by atoms with Crippen molar-refractivity contribution in [1.29, 1.82) is 0 Å². The fourth-order valence-corrected chi connectivity index (χ4v) is 6.77. The highest BCUT2D eigenvalue weighted by Gasteiger charge is 2.26. The third kappa shape index (κ3) is 33.7. The number of carbonyl (C=O) groups excluding carboxylic acids is 1. The summed E-state index contributed by atoms with van der Waals surface area (Å²) in [5.41, 5.74) is 5.36. The number of phosphoric acid groups is 1. The van der Waals surface area contributed by atoms with Gasteiger partial charge in [0.05, 0.1) is 25.4 Å². The van der Waals surface area contributed by atoms with Gasteiger partial charge in [0.15, 0.2) is 0 Å². The number of carbonyl (C=O) groups is 1.